The van der Waals surface area contributed by atoms with Crippen LogP contribution in [0.2, 0.25) is 0 Å². The zero-order valence-electron chi connectivity index (χ0n) is 15.1. The van der Waals surface area contributed by atoms with Crippen LogP contribution in [0.4, 0.5) is 0 Å². The molecule has 2 heterocycles. The summed E-state index contributed by atoms with van der Waals surface area (Å²) in [5.74, 6) is 0.0228. The molecule has 1 fully saturated rings. The molecule has 1 saturated heterocycles. The second-order valence-corrected chi connectivity index (χ2v) is 6.63. The fraction of sp³-hybridized carbons (Fsp3) is 0.400. The van der Waals surface area contributed by atoms with E-state index >= 15 is 0 Å². The lowest BCUT2D eigenvalue weighted by molar-refractivity contribution is -0.120. The third kappa shape index (κ3) is 3.45. The van der Waals surface area contributed by atoms with Gasteiger partial charge >= 0.3 is 0 Å². The van der Waals surface area contributed by atoms with E-state index < -0.39 is 0 Å². The van der Waals surface area contributed by atoms with Crippen LogP contribution in [0.15, 0.2) is 36.4 Å². The normalized spacial score (nSPS) is 16.3. The van der Waals surface area contributed by atoms with E-state index in [1.807, 2.05) is 38.1 Å². The lowest BCUT2D eigenvalue weighted by Gasteiger charge is -2.21. The summed E-state index contributed by atoms with van der Waals surface area (Å²) in [6.45, 7) is 7.74. The zero-order valence-corrected chi connectivity index (χ0v) is 15.1. The van der Waals surface area contributed by atoms with Crippen molar-refractivity contribution in [3.05, 3.63) is 58.9 Å². The van der Waals surface area contributed by atoms with Gasteiger partial charge in [-0.25, -0.2) is 0 Å². The van der Waals surface area contributed by atoms with E-state index in [0.717, 1.165) is 17.0 Å². The Labute approximate surface area is 148 Å². The predicted octanol–water partition coefficient (Wildman–Crippen LogP) is 2.68. The Morgan fingerprint density at radius 3 is 2.60 bits per heavy atom. The zero-order chi connectivity index (χ0) is 18.0. The van der Waals surface area contributed by atoms with Crippen LogP contribution >= 0.6 is 0 Å². The molecule has 0 aliphatic carbocycles. The van der Waals surface area contributed by atoms with Gasteiger partial charge in [0.1, 0.15) is 0 Å². The third-order valence-corrected chi connectivity index (χ3v) is 4.98. The van der Waals surface area contributed by atoms with Gasteiger partial charge in [0.2, 0.25) is 5.91 Å². The molecule has 0 unspecified atom stereocenters. The van der Waals surface area contributed by atoms with E-state index in [1.165, 1.54) is 5.56 Å². The maximum atomic E-state index is 13.0. The molecule has 0 saturated carbocycles. The summed E-state index contributed by atoms with van der Waals surface area (Å²) in [5.41, 5.74) is 3.99. The number of nitrogens with zero attached hydrogens (tertiary/aromatic N) is 2. The predicted molar refractivity (Wildman–Crippen MR) is 97.7 cm³/mol. The van der Waals surface area contributed by atoms with Gasteiger partial charge in [0, 0.05) is 37.4 Å². The standard InChI is InChI=1S/C20H25N3O2/c1-14-13-18(20(25)22-11-9-19(24)21-10-12-22)16(3)23(14)15(2)17-7-5-4-6-8-17/h4-8,13,15H,9-12H2,1-3H3,(H,21,24)/t15-/m1/s1. The van der Waals surface area contributed by atoms with Crippen molar-refractivity contribution in [2.45, 2.75) is 33.2 Å². The molecule has 132 valence electrons. The quantitative estimate of drug-likeness (QED) is 0.935. The highest BCUT2D eigenvalue weighted by atomic mass is 16.2. The van der Waals surface area contributed by atoms with Crippen LogP contribution in [-0.4, -0.2) is 40.9 Å². The molecule has 1 aromatic heterocycles. The molecule has 1 N–H and O–H groups in total. The Kier molecular flexibility index (Phi) is 4.93. The van der Waals surface area contributed by atoms with Crippen molar-refractivity contribution in [3.63, 3.8) is 0 Å². The molecule has 5 heteroatoms. The molecule has 1 aliphatic rings. The van der Waals surface area contributed by atoms with Gasteiger partial charge in [-0.2, -0.15) is 0 Å². The molecule has 5 nitrogen and oxygen atoms in total. The lowest BCUT2D eigenvalue weighted by atomic mass is 10.1. The number of benzene rings is 1. The molecule has 1 aromatic carbocycles. The minimum Gasteiger partial charge on any atom is -0.354 e. The van der Waals surface area contributed by atoms with Crippen molar-refractivity contribution < 1.29 is 9.59 Å². The van der Waals surface area contributed by atoms with Crippen LogP contribution in [-0.2, 0) is 4.79 Å². The number of rotatable bonds is 3. The number of nitrogens with one attached hydrogen (secondary N) is 1. The van der Waals surface area contributed by atoms with Gasteiger partial charge in [-0.3, -0.25) is 9.59 Å². The second-order valence-electron chi connectivity index (χ2n) is 6.63. The van der Waals surface area contributed by atoms with Crippen LogP contribution in [0, 0.1) is 13.8 Å². The summed E-state index contributed by atoms with van der Waals surface area (Å²) in [4.78, 5) is 26.3. The Balaban J connectivity index is 1.89. The maximum Gasteiger partial charge on any atom is 0.255 e. The summed E-state index contributed by atoms with van der Waals surface area (Å²) in [6.07, 6.45) is 0.366. The summed E-state index contributed by atoms with van der Waals surface area (Å²) >= 11 is 0. The van der Waals surface area contributed by atoms with Gasteiger partial charge in [-0.1, -0.05) is 30.3 Å². The summed E-state index contributed by atoms with van der Waals surface area (Å²) < 4.78 is 2.21. The van der Waals surface area contributed by atoms with E-state index in [4.69, 9.17) is 0 Å². The van der Waals surface area contributed by atoms with Gasteiger partial charge in [0.25, 0.3) is 5.91 Å². The highest BCUT2D eigenvalue weighted by Gasteiger charge is 2.25. The van der Waals surface area contributed by atoms with Crippen LogP contribution in [0.5, 0.6) is 0 Å². The van der Waals surface area contributed by atoms with Gasteiger partial charge in [-0.15, -0.1) is 0 Å². The number of amides is 2. The number of carbonyl (C=O) groups is 2. The fourth-order valence-corrected chi connectivity index (χ4v) is 3.61. The Morgan fingerprint density at radius 2 is 1.88 bits per heavy atom. The van der Waals surface area contributed by atoms with Crippen molar-refractivity contribution in [2.24, 2.45) is 0 Å². The number of hydrogen-bond acceptors (Lipinski definition) is 2. The molecule has 0 radical (unpaired) electrons. The number of hydrogen-bond donors (Lipinski definition) is 1. The first-order valence-electron chi connectivity index (χ1n) is 8.78. The average molecular weight is 339 g/mol. The molecule has 3 rings (SSSR count). The maximum absolute atomic E-state index is 13.0. The number of aromatic nitrogens is 1. The Morgan fingerprint density at radius 1 is 1.16 bits per heavy atom. The van der Waals surface area contributed by atoms with E-state index in [-0.39, 0.29) is 17.9 Å². The molecule has 0 bridgehead atoms. The van der Waals surface area contributed by atoms with E-state index in [1.54, 1.807) is 4.90 Å². The van der Waals surface area contributed by atoms with Crippen molar-refractivity contribution in [3.8, 4) is 0 Å². The summed E-state index contributed by atoms with van der Waals surface area (Å²) in [6, 6.07) is 12.4. The first kappa shape index (κ1) is 17.3. The molecule has 2 amide bonds. The van der Waals surface area contributed by atoms with E-state index in [9.17, 15) is 9.59 Å². The SMILES string of the molecule is Cc1cc(C(=O)N2CCNC(=O)CC2)c(C)n1[C@H](C)c1ccccc1. The molecule has 1 aliphatic heterocycles. The number of aryl methyl sites for hydroxylation is 1. The summed E-state index contributed by atoms with van der Waals surface area (Å²) in [5, 5.41) is 2.81. The minimum absolute atomic E-state index is 0.0103. The average Bonchev–Trinajstić information content (AvgIpc) is 2.77. The molecule has 2 aromatic rings. The fourth-order valence-electron chi connectivity index (χ4n) is 3.61. The summed E-state index contributed by atoms with van der Waals surface area (Å²) in [7, 11) is 0. The van der Waals surface area contributed by atoms with Crippen LogP contribution < -0.4 is 5.32 Å². The Hall–Kier alpha value is -2.56. The van der Waals surface area contributed by atoms with E-state index in [0.29, 0.717) is 26.1 Å². The second kappa shape index (κ2) is 7.13. The molecule has 0 spiro atoms. The molecule has 1 atom stereocenters. The molecular formula is C20H25N3O2. The Bertz CT molecular complexity index is 780. The van der Waals surface area contributed by atoms with Gasteiger partial charge < -0.3 is 14.8 Å². The lowest BCUT2D eigenvalue weighted by Crippen LogP contribution is -2.34. The first-order chi connectivity index (χ1) is 12.0. The van der Waals surface area contributed by atoms with Crippen molar-refractivity contribution in [2.75, 3.05) is 19.6 Å². The smallest absolute Gasteiger partial charge is 0.255 e. The van der Waals surface area contributed by atoms with Crippen molar-refractivity contribution in [1.29, 1.82) is 0 Å². The molecular weight excluding hydrogens is 314 g/mol. The van der Waals surface area contributed by atoms with Crippen molar-refractivity contribution in [1.82, 2.24) is 14.8 Å². The third-order valence-electron chi connectivity index (χ3n) is 4.98. The van der Waals surface area contributed by atoms with Gasteiger partial charge in [0.05, 0.1) is 11.6 Å². The van der Waals surface area contributed by atoms with Crippen LogP contribution in [0.3, 0.4) is 0 Å². The van der Waals surface area contributed by atoms with Gasteiger partial charge in [0.15, 0.2) is 0 Å². The monoisotopic (exact) mass is 339 g/mol. The van der Waals surface area contributed by atoms with E-state index in [2.05, 4.69) is 28.9 Å². The topological polar surface area (TPSA) is 54.3 Å². The first-order valence-corrected chi connectivity index (χ1v) is 8.78. The molecule has 25 heavy (non-hydrogen) atoms. The van der Waals surface area contributed by atoms with Crippen LogP contribution in [0.1, 0.15) is 46.7 Å². The van der Waals surface area contributed by atoms with Gasteiger partial charge in [-0.05, 0) is 32.4 Å². The largest absolute Gasteiger partial charge is 0.354 e. The highest BCUT2D eigenvalue weighted by Crippen LogP contribution is 2.26. The van der Waals surface area contributed by atoms with Crippen molar-refractivity contribution >= 4 is 11.8 Å². The highest BCUT2D eigenvalue weighted by molar-refractivity contribution is 5.96. The van der Waals surface area contributed by atoms with Crippen LogP contribution in [0.25, 0.3) is 0 Å². The minimum atomic E-state index is 0.0103. The number of carbonyl (C=O) groups excluding carboxylic acids is 2.